The van der Waals surface area contributed by atoms with Gasteiger partial charge in [-0.2, -0.15) is 4.99 Å². The lowest BCUT2D eigenvalue weighted by Crippen LogP contribution is -2.24. The number of carbonyl (C=O) groups excluding carboxylic acids is 1. The van der Waals surface area contributed by atoms with Crippen LogP contribution in [0, 0.1) is 0 Å². The molecule has 1 aromatic rings. The van der Waals surface area contributed by atoms with Gasteiger partial charge in [0.15, 0.2) is 0 Å². The van der Waals surface area contributed by atoms with Crippen molar-refractivity contribution >= 4 is 6.08 Å². The van der Waals surface area contributed by atoms with Crippen LogP contribution in [0.15, 0.2) is 23.2 Å². The van der Waals surface area contributed by atoms with Crippen molar-refractivity contribution in [2.24, 2.45) is 4.99 Å². The molecule has 0 spiro atoms. The fourth-order valence-electron chi connectivity index (χ4n) is 1.62. The monoisotopic (exact) mass is 205 g/mol. The van der Waals surface area contributed by atoms with Crippen LogP contribution in [-0.2, 0) is 11.2 Å². The fourth-order valence-corrected chi connectivity index (χ4v) is 1.62. The molecule has 0 amide bonds. The molecule has 0 bridgehead atoms. The molecule has 0 aromatic heterocycles. The van der Waals surface area contributed by atoms with E-state index in [4.69, 9.17) is 9.47 Å². The van der Waals surface area contributed by atoms with Gasteiger partial charge in [0, 0.05) is 12.5 Å². The van der Waals surface area contributed by atoms with Gasteiger partial charge in [-0.15, -0.1) is 0 Å². The van der Waals surface area contributed by atoms with Crippen molar-refractivity contribution in [2.75, 3.05) is 13.7 Å². The third-order valence-corrected chi connectivity index (χ3v) is 2.40. The van der Waals surface area contributed by atoms with Crippen LogP contribution in [0.4, 0.5) is 0 Å². The second-order valence-electron chi connectivity index (χ2n) is 3.36. The zero-order valence-corrected chi connectivity index (χ0v) is 8.40. The lowest BCUT2D eigenvalue weighted by molar-refractivity contribution is 0.262. The average Bonchev–Trinajstić information content (AvgIpc) is 2.29. The second-order valence-corrected chi connectivity index (χ2v) is 3.36. The fraction of sp³-hybridized carbons (Fsp3) is 0.364. The molecule has 0 fully saturated rings. The lowest BCUT2D eigenvalue weighted by Gasteiger charge is -2.21. The van der Waals surface area contributed by atoms with Gasteiger partial charge in [-0.05, 0) is 11.6 Å². The molecule has 78 valence electrons. The van der Waals surface area contributed by atoms with Crippen molar-refractivity contribution in [3.8, 4) is 11.5 Å². The van der Waals surface area contributed by atoms with E-state index in [-0.39, 0.29) is 6.04 Å². The van der Waals surface area contributed by atoms with E-state index in [2.05, 4.69) is 4.99 Å². The standard InChI is InChI=1S/C11H11NO3/c1-14-10-3-2-8-4-9(12-7-13)6-15-11(8)5-10/h2-3,5,9H,4,6H2,1H3. The van der Waals surface area contributed by atoms with Crippen LogP contribution in [0.5, 0.6) is 11.5 Å². The van der Waals surface area contributed by atoms with E-state index in [1.165, 1.54) is 0 Å². The zero-order valence-electron chi connectivity index (χ0n) is 8.40. The summed E-state index contributed by atoms with van der Waals surface area (Å²) in [5, 5.41) is 0. The summed E-state index contributed by atoms with van der Waals surface area (Å²) in [6, 6.07) is 5.54. The average molecular weight is 205 g/mol. The Morgan fingerprint density at radius 3 is 3.20 bits per heavy atom. The number of rotatable bonds is 2. The summed E-state index contributed by atoms with van der Waals surface area (Å²) < 4.78 is 10.6. The highest BCUT2D eigenvalue weighted by molar-refractivity contribution is 5.43. The van der Waals surface area contributed by atoms with Crippen molar-refractivity contribution in [1.29, 1.82) is 0 Å². The molecule has 0 radical (unpaired) electrons. The van der Waals surface area contributed by atoms with Gasteiger partial charge in [-0.3, -0.25) is 0 Å². The van der Waals surface area contributed by atoms with Gasteiger partial charge >= 0.3 is 0 Å². The Kier molecular flexibility index (Phi) is 2.70. The van der Waals surface area contributed by atoms with Gasteiger partial charge < -0.3 is 9.47 Å². The van der Waals surface area contributed by atoms with E-state index in [1.54, 1.807) is 13.2 Å². The van der Waals surface area contributed by atoms with Gasteiger partial charge in [-0.1, -0.05) is 6.07 Å². The lowest BCUT2D eigenvalue weighted by atomic mass is 10.0. The maximum atomic E-state index is 10.1. The minimum Gasteiger partial charge on any atom is -0.497 e. The predicted molar refractivity (Wildman–Crippen MR) is 54.1 cm³/mol. The number of benzene rings is 1. The molecule has 4 heteroatoms. The quantitative estimate of drug-likeness (QED) is 0.540. The first kappa shape index (κ1) is 9.74. The Hall–Kier alpha value is -1.80. The third kappa shape index (κ3) is 2.00. The van der Waals surface area contributed by atoms with E-state index in [0.29, 0.717) is 13.0 Å². The number of methoxy groups -OCH3 is 1. The minimum atomic E-state index is -0.108. The number of hydrogen-bond acceptors (Lipinski definition) is 4. The predicted octanol–water partition coefficient (Wildman–Crippen LogP) is 1.33. The second kappa shape index (κ2) is 4.15. The van der Waals surface area contributed by atoms with Crippen molar-refractivity contribution in [3.05, 3.63) is 23.8 Å². The van der Waals surface area contributed by atoms with E-state index < -0.39 is 0 Å². The van der Waals surface area contributed by atoms with Crippen LogP contribution < -0.4 is 9.47 Å². The van der Waals surface area contributed by atoms with E-state index in [1.807, 2.05) is 18.2 Å². The largest absolute Gasteiger partial charge is 0.497 e. The van der Waals surface area contributed by atoms with Crippen LogP contribution in [-0.4, -0.2) is 25.8 Å². The number of fused-ring (bicyclic) bond motifs is 1. The summed E-state index contributed by atoms with van der Waals surface area (Å²) in [4.78, 5) is 13.8. The Labute approximate surface area is 87.5 Å². The number of nitrogens with zero attached hydrogens (tertiary/aromatic N) is 1. The Morgan fingerprint density at radius 1 is 1.60 bits per heavy atom. The van der Waals surface area contributed by atoms with Crippen molar-refractivity contribution in [1.82, 2.24) is 0 Å². The summed E-state index contributed by atoms with van der Waals surface area (Å²) >= 11 is 0. The summed E-state index contributed by atoms with van der Waals surface area (Å²) in [6.45, 7) is 0.426. The summed E-state index contributed by atoms with van der Waals surface area (Å²) in [7, 11) is 1.62. The molecule has 4 nitrogen and oxygen atoms in total. The van der Waals surface area contributed by atoms with Gasteiger partial charge in [-0.25, -0.2) is 4.79 Å². The van der Waals surface area contributed by atoms with Crippen LogP contribution >= 0.6 is 0 Å². The smallest absolute Gasteiger partial charge is 0.235 e. The Balaban J connectivity index is 2.24. The van der Waals surface area contributed by atoms with E-state index >= 15 is 0 Å². The molecule has 15 heavy (non-hydrogen) atoms. The molecule has 0 N–H and O–H groups in total. The number of isocyanates is 1. The maximum absolute atomic E-state index is 10.1. The SMILES string of the molecule is COc1ccc2c(c1)OCC(N=C=O)C2. The normalized spacial score (nSPS) is 18.3. The van der Waals surface area contributed by atoms with Crippen molar-refractivity contribution in [3.63, 3.8) is 0 Å². The third-order valence-electron chi connectivity index (χ3n) is 2.40. The Bertz CT molecular complexity index is 410. The zero-order chi connectivity index (χ0) is 10.7. The summed E-state index contributed by atoms with van der Waals surface area (Å²) in [6.07, 6.45) is 2.28. The summed E-state index contributed by atoms with van der Waals surface area (Å²) in [5.41, 5.74) is 1.05. The number of ether oxygens (including phenoxy) is 2. The highest BCUT2D eigenvalue weighted by Gasteiger charge is 2.19. The van der Waals surface area contributed by atoms with Crippen molar-refractivity contribution < 1.29 is 14.3 Å². The molecular formula is C11H11NO3. The van der Waals surface area contributed by atoms with Crippen LogP contribution in [0.3, 0.4) is 0 Å². The highest BCUT2D eigenvalue weighted by Crippen LogP contribution is 2.29. The van der Waals surface area contributed by atoms with E-state index in [0.717, 1.165) is 17.1 Å². The first-order chi connectivity index (χ1) is 7.33. The minimum absolute atomic E-state index is 0.108. The van der Waals surface area contributed by atoms with Crippen LogP contribution in [0.2, 0.25) is 0 Å². The Morgan fingerprint density at radius 2 is 2.47 bits per heavy atom. The van der Waals surface area contributed by atoms with Gasteiger partial charge in [0.25, 0.3) is 0 Å². The van der Waals surface area contributed by atoms with Crippen LogP contribution in [0.25, 0.3) is 0 Å². The molecule has 0 saturated carbocycles. The molecule has 0 saturated heterocycles. The first-order valence-electron chi connectivity index (χ1n) is 4.70. The molecule has 1 heterocycles. The topological polar surface area (TPSA) is 47.9 Å². The molecule has 1 aromatic carbocycles. The molecule has 1 unspecified atom stereocenters. The van der Waals surface area contributed by atoms with Crippen LogP contribution in [0.1, 0.15) is 5.56 Å². The molecule has 1 aliphatic heterocycles. The molecule has 2 rings (SSSR count). The maximum Gasteiger partial charge on any atom is 0.235 e. The van der Waals surface area contributed by atoms with Gasteiger partial charge in [0.2, 0.25) is 6.08 Å². The number of hydrogen-bond donors (Lipinski definition) is 0. The van der Waals surface area contributed by atoms with Gasteiger partial charge in [0.1, 0.15) is 24.1 Å². The van der Waals surface area contributed by atoms with E-state index in [9.17, 15) is 4.79 Å². The summed E-state index contributed by atoms with van der Waals surface area (Å²) in [5.74, 6) is 1.58. The van der Waals surface area contributed by atoms with Crippen molar-refractivity contribution in [2.45, 2.75) is 12.5 Å². The first-order valence-corrected chi connectivity index (χ1v) is 4.70. The molecule has 1 aliphatic rings. The highest BCUT2D eigenvalue weighted by atomic mass is 16.5. The molecular weight excluding hydrogens is 194 g/mol. The number of aliphatic imine (C=N–C) groups is 1. The molecule has 0 aliphatic carbocycles. The molecule has 1 atom stereocenters. The van der Waals surface area contributed by atoms with Gasteiger partial charge in [0.05, 0.1) is 7.11 Å².